The Morgan fingerprint density at radius 1 is 1.21 bits per heavy atom. The maximum absolute atomic E-state index is 13.4. The number of unbranched alkanes of at least 4 members (excludes halogenated alkanes) is 1. The number of likely N-dealkylation sites (tertiary alicyclic amines) is 1. The molecule has 1 aromatic heterocycles. The molecule has 156 valence electrons. The minimum atomic E-state index is 0.0217. The number of alkyl halides is 1. The maximum atomic E-state index is 13.4. The van der Waals surface area contributed by atoms with Gasteiger partial charge in [-0.3, -0.25) is 4.79 Å². The monoisotopic (exact) mass is 506 g/mol. The first-order chi connectivity index (χ1) is 14.0. The van der Waals surface area contributed by atoms with Crippen molar-refractivity contribution in [1.82, 2.24) is 9.88 Å². The molecule has 5 heteroatoms. The Kier molecular flexibility index (Phi) is 7.92. The minimum Gasteiger partial charge on any atom is -0.475 e. The number of benzene rings is 1. The van der Waals surface area contributed by atoms with Gasteiger partial charge in [0.1, 0.15) is 5.69 Å². The van der Waals surface area contributed by atoms with Crippen LogP contribution in [0.2, 0.25) is 0 Å². The van der Waals surface area contributed by atoms with Crippen LogP contribution in [0.4, 0.5) is 0 Å². The lowest BCUT2D eigenvalue weighted by Gasteiger charge is -2.43. The Balaban J connectivity index is 1.83. The van der Waals surface area contributed by atoms with Gasteiger partial charge in [0, 0.05) is 22.6 Å². The van der Waals surface area contributed by atoms with Crippen LogP contribution in [-0.2, 0) is 0 Å². The van der Waals surface area contributed by atoms with E-state index in [0.717, 1.165) is 32.2 Å². The van der Waals surface area contributed by atoms with E-state index in [-0.39, 0.29) is 18.1 Å². The normalized spacial score (nSPS) is 22.0. The van der Waals surface area contributed by atoms with Gasteiger partial charge in [0.25, 0.3) is 5.91 Å². The van der Waals surface area contributed by atoms with Gasteiger partial charge in [-0.25, -0.2) is 4.98 Å². The fraction of sp³-hybridized carbons (Fsp3) is 0.500. The molecule has 1 aliphatic heterocycles. The predicted octanol–water partition coefficient (Wildman–Crippen LogP) is 5.86. The van der Waals surface area contributed by atoms with Crippen LogP contribution >= 0.6 is 22.6 Å². The van der Waals surface area contributed by atoms with Crippen molar-refractivity contribution in [1.29, 1.82) is 0 Å². The summed E-state index contributed by atoms with van der Waals surface area (Å²) in [6.07, 6.45) is 4.30. The highest BCUT2D eigenvalue weighted by Crippen LogP contribution is 2.39. The highest BCUT2D eigenvalue weighted by Gasteiger charge is 2.39. The average Bonchev–Trinajstić information content (AvgIpc) is 2.72. The summed E-state index contributed by atoms with van der Waals surface area (Å²) >= 11 is 2.58. The Morgan fingerprint density at radius 3 is 2.66 bits per heavy atom. The summed E-state index contributed by atoms with van der Waals surface area (Å²) in [7, 11) is 0. The van der Waals surface area contributed by atoms with Crippen LogP contribution in [0.1, 0.15) is 68.4 Å². The van der Waals surface area contributed by atoms with E-state index in [4.69, 9.17) is 4.74 Å². The van der Waals surface area contributed by atoms with Crippen LogP contribution in [0.3, 0.4) is 0 Å². The fourth-order valence-electron chi connectivity index (χ4n) is 4.06. The van der Waals surface area contributed by atoms with Crippen LogP contribution in [0.5, 0.6) is 5.88 Å². The van der Waals surface area contributed by atoms with Crippen molar-refractivity contribution in [3.8, 4) is 5.88 Å². The molecule has 0 saturated carbocycles. The van der Waals surface area contributed by atoms with Gasteiger partial charge in [-0.15, -0.1) is 0 Å². The second-order valence-corrected chi connectivity index (χ2v) is 9.42. The zero-order valence-electron chi connectivity index (χ0n) is 17.6. The molecule has 2 aromatic rings. The van der Waals surface area contributed by atoms with Gasteiger partial charge in [-0.2, -0.15) is 0 Å². The summed E-state index contributed by atoms with van der Waals surface area (Å²) in [5, 5.41) is 0. The summed E-state index contributed by atoms with van der Waals surface area (Å²) in [6, 6.07) is 16.4. The molecule has 0 radical (unpaired) electrons. The predicted molar refractivity (Wildman–Crippen MR) is 126 cm³/mol. The van der Waals surface area contributed by atoms with Gasteiger partial charge < -0.3 is 9.64 Å². The lowest BCUT2D eigenvalue weighted by molar-refractivity contribution is 0.0589. The number of nitrogens with zero attached hydrogens (tertiary/aromatic N) is 2. The molecule has 1 fully saturated rings. The number of piperidine rings is 1. The molecule has 1 aliphatic rings. The Morgan fingerprint density at radius 2 is 1.97 bits per heavy atom. The Bertz CT molecular complexity index is 796. The molecule has 0 spiro atoms. The summed E-state index contributed by atoms with van der Waals surface area (Å²) in [4.78, 5) is 20.0. The molecular weight excluding hydrogens is 475 g/mol. The van der Waals surface area contributed by atoms with Crippen LogP contribution in [0, 0.1) is 0 Å². The van der Waals surface area contributed by atoms with E-state index in [1.165, 1.54) is 5.56 Å². The van der Waals surface area contributed by atoms with Gasteiger partial charge in [-0.1, -0.05) is 78.8 Å². The first-order valence-corrected chi connectivity index (χ1v) is 11.9. The first kappa shape index (κ1) is 22.1. The van der Waals surface area contributed by atoms with Gasteiger partial charge in [0.15, 0.2) is 0 Å². The molecule has 3 rings (SSSR count). The third kappa shape index (κ3) is 5.50. The van der Waals surface area contributed by atoms with E-state index < -0.39 is 0 Å². The van der Waals surface area contributed by atoms with E-state index in [1.807, 2.05) is 26.0 Å². The molecule has 3 atom stereocenters. The maximum Gasteiger partial charge on any atom is 0.272 e. The quantitative estimate of drug-likeness (QED) is 0.349. The molecule has 1 saturated heterocycles. The SMILES string of the molecule is CCCC[C@@H]1C(I)[C@@H](c2ccccc2)CCN1C(=O)c1cccc(OC(C)C)n1. The van der Waals surface area contributed by atoms with Crippen molar-refractivity contribution in [2.75, 3.05) is 6.54 Å². The van der Waals surface area contributed by atoms with Crippen molar-refractivity contribution >= 4 is 28.5 Å². The smallest absolute Gasteiger partial charge is 0.272 e. The number of carbonyl (C=O) groups excluding carboxylic acids is 1. The number of carbonyl (C=O) groups is 1. The van der Waals surface area contributed by atoms with Gasteiger partial charge in [0.2, 0.25) is 5.88 Å². The summed E-state index contributed by atoms with van der Waals surface area (Å²) < 4.78 is 6.08. The summed E-state index contributed by atoms with van der Waals surface area (Å²) in [5.41, 5.74) is 1.86. The number of amides is 1. The zero-order valence-corrected chi connectivity index (χ0v) is 19.7. The fourth-order valence-corrected chi connectivity index (χ4v) is 5.59. The second-order valence-electron chi connectivity index (χ2n) is 7.99. The highest BCUT2D eigenvalue weighted by molar-refractivity contribution is 14.1. The third-order valence-corrected chi connectivity index (χ3v) is 7.17. The standard InChI is InChI=1S/C24H31IN2O2/c1-4-5-13-21-23(25)19(18-10-7-6-8-11-18)15-16-27(21)24(28)20-12-9-14-22(26-20)29-17(2)3/h6-12,14,17,19,21,23H,4-5,13,15-16H2,1-3H3/t19-,21-,23?/m1/s1. The number of hydrogen-bond acceptors (Lipinski definition) is 3. The van der Waals surface area contributed by atoms with E-state index in [2.05, 4.69) is 69.7 Å². The van der Waals surface area contributed by atoms with Crippen molar-refractivity contribution in [2.45, 2.75) is 68.4 Å². The van der Waals surface area contributed by atoms with Crippen LogP contribution in [-0.4, -0.2) is 38.4 Å². The molecular formula is C24H31IN2O2. The van der Waals surface area contributed by atoms with E-state index >= 15 is 0 Å². The molecule has 1 aromatic carbocycles. The molecule has 0 bridgehead atoms. The third-order valence-electron chi connectivity index (χ3n) is 5.47. The first-order valence-electron chi connectivity index (χ1n) is 10.6. The number of pyridine rings is 1. The van der Waals surface area contributed by atoms with Crippen LogP contribution in [0.25, 0.3) is 0 Å². The van der Waals surface area contributed by atoms with Crippen LogP contribution in [0.15, 0.2) is 48.5 Å². The average molecular weight is 506 g/mol. The minimum absolute atomic E-state index is 0.0217. The molecule has 0 aliphatic carbocycles. The summed E-state index contributed by atoms with van der Waals surface area (Å²) in [5.74, 6) is 1.01. The topological polar surface area (TPSA) is 42.4 Å². The summed E-state index contributed by atoms with van der Waals surface area (Å²) in [6.45, 7) is 6.90. The number of rotatable bonds is 7. The molecule has 1 amide bonds. The molecule has 4 nitrogen and oxygen atoms in total. The van der Waals surface area contributed by atoms with Gasteiger partial charge in [0.05, 0.1) is 6.10 Å². The van der Waals surface area contributed by atoms with Crippen molar-refractivity contribution in [3.05, 3.63) is 59.8 Å². The molecule has 1 unspecified atom stereocenters. The zero-order chi connectivity index (χ0) is 20.8. The number of aromatic nitrogens is 1. The lowest BCUT2D eigenvalue weighted by Crippen LogP contribution is -2.51. The molecule has 0 N–H and O–H groups in total. The molecule has 29 heavy (non-hydrogen) atoms. The Hall–Kier alpha value is -1.63. The number of hydrogen-bond donors (Lipinski definition) is 0. The second kappa shape index (κ2) is 10.4. The van der Waals surface area contributed by atoms with Gasteiger partial charge in [-0.05, 0) is 44.2 Å². The van der Waals surface area contributed by atoms with Gasteiger partial charge >= 0.3 is 0 Å². The largest absolute Gasteiger partial charge is 0.475 e. The van der Waals surface area contributed by atoms with Crippen molar-refractivity contribution in [3.63, 3.8) is 0 Å². The van der Waals surface area contributed by atoms with E-state index in [1.54, 1.807) is 6.07 Å². The van der Waals surface area contributed by atoms with Crippen LogP contribution < -0.4 is 4.74 Å². The number of halogens is 1. The lowest BCUT2D eigenvalue weighted by atomic mass is 9.83. The van der Waals surface area contributed by atoms with Crippen molar-refractivity contribution < 1.29 is 9.53 Å². The highest BCUT2D eigenvalue weighted by atomic mass is 127. The molecule has 2 heterocycles. The van der Waals surface area contributed by atoms with E-state index in [0.29, 0.717) is 21.4 Å². The van der Waals surface area contributed by atoms with Crippen molar-refractivity contribution in [2.24, 2.45) is 0 Å². The van der Waals surface area contributed by atoms with E-state index in [9.17, 15) is 4.79 Å². The Labute approximate surface area is 188 Å². The number of ether oxygens (including phenoxy) is 1.